The predicted molar refractivity (Wildman–Crippen MR) is 105 cm³/mol. The first-order chi connectivity index (χ1) is 13.2. The molecule has 3 saturated heterocycles. The van der Waals surface area contributed by atoms with E-state index in [0.717, 1.165) is 64.3 Å². The lowest BCUT2D eigenvalue weighted by Crippen LogP contribution is -2.52. The lowest BCUT2D eigenvalue weighted by molar-refractivity contribution is -0.142. The molecule has 1 aromatic rings. The second-order valence-electron chi connectivity index (χ2n) is 8.06. The number of rotatable bonds is 4. The number of likely N-dealkylation sites (tertiary alicyclic amines) is 2. The van der Waals surface area contributed by atoms with Gasteiger partial charge >= 0.3 is 0 Å². The van der Waals surface area contributed by atoms with Crippen molar-refractivity contribution in [2.24, 2.45) is 5.92 Å². The van der Waals surface area contributed by atoms with E-state index in [1.54, 1.807) is 0 Å². The van der Waals surface area contributed by atoms with Gasteiger partial charge in [0.05, 0.1) is 29.7 Å². The van der Waals surface area contributed by atoms with Crippen LogP contribution in [-0.4, -0.2) is 88.7 Å². The van der Waals surface area contributed by atoms with Gasteiger partial charge in [-0.25, -0.2) is 0 Å². The van der Waals surface area contributed by atoms with Gasteiger partial charge in [-0.15, -0.1) is 5.10 Å². The maximum Gasteiger partial charge on any atom is 0.227 e. The average Bonchev–Trinajstić information content (AvgIpc) is 3.13. The van der Waals surface area contributed by atoms with Crippen LogP contribution in [0, 0.1) is 12.8 Å². The second-order valence-corrected chi connectivity index (χ2v) is 8.90. The summed E-state index contributed by atoms with van der Waals surface area (Å²) in [5.41, 5.74) is 1.07. The molecule has 1 amide bonds. The van der Waals surface area contributed by atoms with E-state index in [9.17, 15) is 4.79 Å². The van der Waals surface area contributed by atoms with E-state index in [-0.39, 0.29) is 5.92 Å². The summed E-state index contributed by atoms with van der Waals surface area (Å²) >= 11 is 1.52. The molecule has 0 spiro atoms. The van der Waals surface area contributed by atoms with Crippen molar-refractivity contribution in [3.8, 4) is 0 Å². The Hall–Kier alpha value is -1.09. The lowest BCUT2D eigenvalue weighted by Gasteiger charge is -2.43. The smallest absolute Gasteiger partial charge is 0.227 e. The highest BCUT2D eigenvalue weighted by atomic mass is 32.1. The number of amides is 1. The number of piperidine rings is 2. The number of carbonyl (C=O) groups excluding carboxylic acids is 1. The summed E-state index contributed by atoms with van der Waals surface area (Å²) in [6.07, 6.45) is 4.59. The molecule has 0 bridgehead atoms. The molecule has 7 nitrogen and oxygen atoms in total. The first kappa shape index (κ1) is 19.2. The highest BCUT2D eigenvalue weighted by molar-refractivity contribution is 7.05. The van der Waals surface area contributed by atoms with Gasteiger partial charge in [-0.05, 0) is 50.7 Å². The van der Waals surface area contributed by atoms with E-state index in [4.69, 9.17) is 4.74 Å². The van der Waals surface area contributed by atoms with Crippen molar-refractivity contribution in [2.45, 2.75) is 45.2 Å². The van der Waals surface area contributed by atoms with Crippen molar-refractivity contribution in [2.75, 3.05) is 52.5 Å². The molecule has 1 aromatic heterocycles. The number of aromatic nitrogens is 2. The van der Waals surface area contributed by atoms with E-state index < -0.39 is 0 Å². The number of hydrogen-bond donors (Lipinski definition) is 0. The zero-order valence-electron chi connectivity index (χ0n) is 16.3. The van der Waals surface area contributed by atoms with Crippen molar-refractivity contribution >= 4 is 17.4 Å². The van der Waals surface area contributed by atoms with E-state index in [0.29, 0.717) is 25.2 Å². The summed E-state index contributed by atoms with van der Waals surface area (Å²) in [5.74, 6) is 0.536. The Morgan fingerprint density at radius 1 is 1.15 bits per heavy atom. The Kier molecular flexibility index (Phi) is 6.37. The van der Waals surface area contributed by atoms with Gasteiger partial charge < -0.3 is 9.64 Å². The van der Waals surface area contributed by atoms with Crippen LogP contribution >= 0.6 is 11.5 Å². The predicted octanol–water partition coefficient (Wildman–Crippen LogP) is 1.38. The minimum Gasteiger partial charge on any atom is -0.378 e. The molecule has 4 rings (SSSR count). The Morgan fingerprint density at radius 3 is 2.63 bits per heavy atom. The summed E-state index contributed by atoms with van der Waals surface area (Å²) < 4.78 is 9.44. The molecule has 4 heterocycles. The number of hydrogen-bond acceptors (Lipinski definition) is 7. The van der Waals surface area contributed by atoms with Crippen LogP contribution in [0.2, 0.25) is 0 Å². The summed E-state index contributed by atoms with van der Waals surface area (Å²) in [6, 6.07) is 0.627. The van der Waals surface area contributed by atoms with Crippen LogP contribution < -0.4 is 0 Å². The molecule has 0 aliphatic carbocycles. The maximum atomic E-state index is 12.9. The molecule has 0 N–H and O–H groups in total. The second kappa shape index (κ2) is 8.94. The van der Waals surface area contributed by atoms with E-state index in [1.165, 1.54) is 29.3 Å². The Bertz CT molecular complexity index is 625. The zero-order chi connectivity index (χ0) is 18.6. The first-order valence-corrected chi connectivity index (χ1v) is 11.1. The van der Waals surface area contributed by atoms with Gasteiger partial charge in [0.15, 0.2) is 0 Å². The van der Waals surface area contributed by atoms with Crippen LogP contribution in [-0.2, 0) is 16.1 Å². The number of morpholine rings is 1. The monoisotopic (exact) mass is 393 g/mol. The van der Waals surface area contributed by atoms with Gasteiger partial charge in [0, 0.05) is 45.3 Å². The first-order valence-electron chi connectivity index (χ1n) is 10.3. The van der Waals surface area contributed by atoms with Crippen LogP contribution in [0.4, 0.5) is 0 Å². The molecule has 0 saturated carbocycles. The van der Waals surface area contributed by atoms with Crippen LogP contribution in [0.5, 0.6) is 0 Å². The molecule has 8 heteroatoms. The van der Waals surface area contributed by atoms with Gasteiger partial charge in [0.1, 0.15) is 0 Å². The molecule has 27 heavy (non-hydrogen) atoms. The van der Waals surface area contributed by atoms with Gasteiger partial charge in [0.25, 0.3) is 0 Å². The Morgan fingerprint density at radius 2 is 1.93 bits per heavy atom. The van der Waals surface area contributed by atoms with E-state index >= 15 is 0 Å². The average molecular weight is 394 g/mol. The highest BCUT2D eigenvalue weighted by Gasteiger charge is 2.34. The van der Waals surface area contributed by atoms with Crippen molar-refractivity contribution < 1.29 is 9.53 Å². The van der Waals surface area contributed by atoms with Crippen LogP contribution in [0.3, 0.4) is 0 Å². The molecule has 1 unspecified atom stereocenters. The molecule has 3 fully saturated rings. The molecular formula is C19H31N5O2S. The lowest BCUT2D eigenvalue weighted by atomic mass is 9.92. The maximum absolute atomic E-state index is 12.9. The Balaban J connectivity index is 1.26. The highest BCUT2D eigenvalue weighted by Crippen LogP contribution is 2.26. The van der Waals surface area contributed by atoms with E-state index in [2.05, 4.69) is 19.4 Å². The summed E-state index contributed by atoms with van der Waals surface area (Å²) in [4.78, 5) is 21.3. The van der Waals surface area contributed by atoms with Crippen molar-refractivity contribution in [3.63, 3.8) is 0 Å². The molecule has 0 aromatic carbocycles. The number of ether oxygens (including phenoxy) is 1. The third-order valence-corrected chi connectivity index (χ3v) is 7.12. The molecule has 1 atom stereocenters. The standard InChI is InChI=1S/C19H31N5O2S/c1-15-18(27-21-20-15)14-22-7-4-17(5-8-22)24-6-2-3-16(13-24)19(25)23-9-11-26-12-10-23/h16-17H,2-14H2,1H3. The molecule has 3 aliphatic rings. The van der Waals surface area contributed by atoms with Gasteiger partial charge in [-0.1, -0.05) is 4.49 Å². The number of aryl methyl sites for hydroxylation is 1. The SMILES string of the molecule is Cc1nnsc1CN1CCC(N2CCCC(C(=O)N3CCOCC3)C2)CC1. The molecule has 150 valence electrons. The fraction of sp³-hybridized carbons (Fsp3) is 0.842. The Labute approximate surface area is 165 Å². The van der Waals surface area contributed by atoms with Crippen molar-refractivity contribution in [3.05, 3.63) is 10.6 Å². The summed E-state index contributed by atoms with van der Waals surface area (Å²) in [7, 11) is 0. The normalized spacial score (nSPS) is 26.4. The molecule has 0 radical (unpaired) electrons. The molecule has 3 aliphatic heterocycles. The third-order valence-electron chi connectivity index (χ3n) is 6.31. The fourth-order valence-electron chi connectivity index (χ4n) is 4.62. The van der Waals surface area contributed by atoms with Gasteiger partial charge in [-0.2, -0.15) is 0 Å². The summed E-state index contributed by atoms with van der Waals surface area (Å²) in [6.45, 7) is 10.3. The van der Waals surface area contributed by atoms with E-state index in [1.807, 2.05) is 11.8 Å². The number of nitrogens with zero attached hydrogens (tertiary/aromatic N) is 5. The van der Waals surface area contributed by atoms with Crippen molar-refractivity contribution in [1.82, 2.24) is 24.3 Å². The fourth-order valence-corrected chi connectivity index (χ4v) is 5.30. The van der Waals surface area contributed by atoms with Crippen molar-refractivity contribution in [1.29, 1.82) is 0 Å². The van der Waals surface area contributed by atoms with Gasteiger partial charge in [-0.3, -0.25) is 14.6 Å². The summed E-state index contributed by atoms with van der Waals surface area (Å²) in [5, 5.41) is 4.12. The van der Waals surface area contributed by atoms with Gasteiger partial charge in [0.2, 0.25) is 5.91 Å². The quantitative estimate of drug-likeness (QED) is 0.770. The third kappa shape index (κ3) is 4.67. The topological polar surface area (TPSA) is 61.8 Å². The minimum atomic E-state index is 0.181. The number of carbonyl (C=O) groups is 1. The largest absolute Gasteiger partial charge is 0.378 e. The van der Waals surface area contributed by atoms with Crippen LogP contribution in [0.1, 0.15) is 36.3 Å². The minimum absolute atomic E-state index is 0.181. The van der Waals surface area contributed by atoms with Crippen LogP contribution in [0.15, 0.2) is 0 Å². The zero-order valence-corrected chi connectivity index (χ0v) is 17.1. The van der Waals surface area contributed by atoms with Crippen LogP contribution in [0.25, 0.3) is 0 Å². The molecular weight excluding hydrogens is 362 g/mol.